The van der Waals surface area contributed by atoms with Crippen LogP contribution in [0.4, 0.5) is 4.79 Å². The summed E-state index contributed by atoms with van der Waals surface area (Å²) in [5, 5.41) is 5.52. The molecule has 0 heterocycles. The van der Waals surface area contributed by atoms with Crippen LogP contribution in [0.3, 0.4) is 0 Å². The fourth-order valence-corrected chi connectivity index (χ4v) is 1.64. The minimum Gasteiger partial charge on any atom is -0.444 e. The zero-order valence-electron chi connectivity index (χ0n) is 10.7. The summed E-state index contributed by atoms with van der Waals surface area (Å²) in [5.41, 5.74) is -0.514. The highest BCUT2D eigenvalue weighted by molar-refractivity contribution is 5.74. The SMILES string of the molecule is CC(=O)NC1C=CCC1NC(=O)OC(C)(C)C. The number of hydrogen-bond acceptors (Lipinski definition) is 3. The van der Waals surface area contributed by atoms with Gasteiger partial charge in [-0.05, 0) is 27.2 Å². The summed E-state index contributed by atoms with van der Waals surface area (Å²) in [6, 6.07) is -0.284. The second kappa shape index (κ2) is 5.21. The summed E-state index contributed by atoms with van der Waals surface area (Å²) in [7, 11) is 0. The van der Waals surface area contributed by atoms with Crippen LogP contribution >= 0.6 is 0 Å². The first-order valence-electron chi connectivity index (χ1n) is 5.71. The molecule has 0 bridgehead atoms. The third-order valence-corrected chi connectivity index (χ3v) is 2.24. The van der Waals surface area contributed by atoms with Crippen molar-refractivity contribution < 1.29 is 14.3 Å². The molecular weight excluding hydrogens is 220 g/mol. The minimum absolute atomic E-state index is 0.113. The van der Waals surface area contributed by atoms with E-state index in [0.29, 0.717) is 6.42 Å². The van der Waals surface area contributed by atoms with Gasteiger partial charge in [0, 0.05) is 6.92 Å². The van der Waals surface area contributed by atoms with Gasteiger partial charge in [-0.2, -0.15) is 0 Å². The summed E-state index contributed by atoms with van der Waals surface area (Å²) in [6.45, 7) is 6.89. The second-order valence-corrected chi connectivity index (χ2v) is 5.14. The Morgan fingerprint density at radius 2 is 1.94 bits per heavy atom. The van der Waals surface area contributed by atoms with Gasteiger partial charge in [0.25, 0.3) is 0 Å². The van der Waals surface area contributed by atoms with E-state index in [4.69, 9.17) is 4.74 Å². The van der Waals surface area contributed by atoms with Crippen LogP contribution in [0.2, 0.25) is 0 Å². The van der Waals surface area contributed by atoms with E-state index in [1.807, 2.05) is 32.9 Å². The van der Waals surface area contributed by atoms with Crippen LogP contribution in [0.25, 0.3) is 0 Å². The number of rotatable bonds is 2. The van der Waals surface area contributed by atoms with Crippen LogP contribution in [0.1, 0.15) is 34.1 Å². The highest BCUT2D eigenvalue weighted by atomic mass is 16.6. The quantitative estimate of drug-likeness (QED) is 0.716. The lowest BCUT2D eigenvalue weighted by molar-refractivity contribution is -0.119. The minimum atomic E-state index is -0.514. The monoisotopic (exact) mass is 240 g/mol. The van der Waals surface area contributed by atoms with Crippen molar-refractivity contribution in [1.82, 2.24) is 10.6 Å². The molecular formula is C12H20N2O3. The van der Waals surface area contributed by atoms with Crippen LogP contribution in [-0.2, 0) is 9.53 Å². The van der Waals surface area contributed by atoms with Crippen LogP contribution in [0, 0.1) is 0 Å². The number of alkyl carbamates (subject to hydrolysis) is 1. The van der Waals surface area contributed by atoms with Crippen molar-refractivity contribution in [1.29, 1.82) is 0 Å². The van der Waals surface area contributed by atoms with Gasteiger partial charge >= 0.3 is 6.09 Å². The molecule has 0 aromatic heterocycles. The van der Waals surface area contributed by atoms with Crippen molar-refractivity contribution >= 4 is 12.0 Å². The van der Waals surface area contributed by atoms with Gasteiger partial charge in [0.15, 0.2) is 0 Å². The van der Waals surface area contributed by atoms with Crippen molar-refractivity contribution in [3.63, 3.8) is 0 Å². The lowest BCUT2D eigenvalue weighted by Crippen LogP contribution is -2.49. The molecule has 0 radical (unpaired) electrons. The van der Waals surface area contributed by atoms with Gasteiger partial charge in [0.05, 0.1) is 12.1 Å². The zero-order valence-corrected chi connectivity index (χ0v) is 10.7. The number of nitrogens with one attached hydrogen (secondary N) is 2. The maximum absolute atomic E-state index is 11.6. The topological polar surface area (TPSA) is 67.4 Å². The summed E-state index contributed by atoms with van der Waals surface area (Å²) in [4.78, 5) is 22.5. The lowest BCUT2D eigenvalue weighted by Gasteiger charge is -2.24. The van der Waals surface area contributed by atoms with E-state index in [0.717, 1.165) is 0 Å². The number of carbonyl (C=O) groups is 2. The molecule has 17 heavy (non-hydrogen) atoms. The van der Waals surface area contributed by atoms with E-state index in [1.54, 1.807) is 0 Å². The first-order chi connectivity index (χ1) is 7.78. The van der Waals surface area contributed by atoms with Gasteiger partial charge in [-0.25, -0.2) is 4.79 Å². The van der Waals surface area contributed by atoms with Gasteiger partial charge in [-0.3, -0.25) is 4.79 Å². The molecule has 1 aliphatic carbocycles. The van der Waals surface area contributed by atoms with Crippen molar-refractivity contribution in [2.24, 2.45) is 0 Å². The Balaban J connectivity index is 2.46. The summed E-state index contributed by atoms with van der Waals surface area (Å²) < 4.78 is 5.16. The van der Waals surface area contributed by atoms with E-state index < -0.39 is 11.7 Å². The first-order valence-corrected chi connectivity index (χ1v) is 5.71. The zero-order chi connectivity index (χ0) is 13.1. The molecule has 0 aliphatic heterocycles. The van der Waals surface area contributed by atoms with E-state index in [9.17, 15) is 9.59 Å². The highest BCUT2D eigenvalue weighted by Gasteiger charge is 2.27. The molecule has 2 amide bonds. The van der Waals surface area contributed by atoms with E-state index in [1.165, 1.54) is 6.92 Å². The average molecular weight is 240 g/mol. The second-order valence-electron chi connectivity index (χ2n) is 5.14. The largest absolute Gasteiger partial charge is 0.444 e. The maximum atomic E-state index is 11.6. The summed E-state index contributed by atoms with van der Waals surface area (Å²) in [5.74, 6) is -0.113. The summed E-state index contributed by atoms with van der Waals surface area (Å²) in [6.07, 6.45) is 4.05. The Morgan fingerprint density at radius 3 is 2.47 bits per heavy atom. The molecule has 0 aromatic rings. The van der Waals surface area contributed by atoms with Crippen LogP contribution < -0.4 is 10.6 Å². The van der Waals surface area contributed by atoms with Crippen molar-refractivity contribution in [2.75, 3.05) is 0 Å². The molecule has 0 spiro atoms. The Kier molecular flexibility index (Phi) is 4.15. The van der Waals surface area contributed by atoms with E-state index in [-0.39, 0.29) is 18.0 Å². The highest BCUT2D eigenvalue weighted by Crippen LogP contribution is 2.13. The fourth-order valence-electron chi connectivity index (χ4n) is 1.64. The molecule has 0 aromatic carbocycles. The Hall–Kier alpha value is -1.52. The van der Waals surface area contributed by atoms with Crippen LogP contribution in [0.5, 0.6) is 0 Å². The van der Waals surface area contributed by atoms with Crippen molar-refractivity contribution in [3.05, 3.63) is 12.2 Å². The predicted molar refractivity (Wildman–Crippen MR) is 64.5 cm³/mol. The van der Waals surface area contributed by atoms with Gasteiger partial charge in [-0.1, -0.05) is 12.2 Å². The van der Waals surface area contributed by atoms with Crippen LogP contribution in [0.15, 0.2) is 12.2 Å². The molecule has 2 atom stereocenters. The summed E-state index contributed by atoms with van der Waals surface area (Å²) >= 11 is 0. The number of amides is 2. The normalized spacial score (nSPS) is 23.3. The van der Waals surface area contributed by atoms with E-state index >= 15 is 0 Å². The molecule has 2 N–H and O–H groups in total. The van der Waals surface area contributed by atoms with Gasteiger partial charge < -0.3 is 15.4 Å². The standard InChI is InChI=1S/C12H20N2O3/c1-8(15)13-9-6-5-7-10(9)14-11(16)17-12(2,3)4/h5-6,9-10H,7H2,1-4H3,(H,13,15)(H,14,16). The maximum Gasteiger partial charge on any atom is 0.407 e. The molecule has 2 unspecified atom stereocenters. The average Bonchev–Trinajstić information content (AvgIpc) is 2.47. The molecule has 1 aliphatic rings. The van der Waals surface area contributed by atoms with Crippen LogP contribution in [-0.4, -0.2) is 29.7 Å². The lowest BCUT2D eigenvalue weighted by atomic mass is 10.1. The third kappa shape index (κ3) is 4.89. The molecule has 1 rings (SSSR count). The molecule has 5 nitrogen and oxygen atoms in total. The first kappa shape index (κ1) is 13.5. The van der Waals surface area contributed by atoms with Crippen molar-refractivity contribution in [2.45, 2.75) is 51.8 Å². The Bertz CT molecular complexity index is 331. The Morgan fingerprint density at radius 1 is 1.29 bits per heavy atom. The van der Waals surface area contributed by atoms with Gasteiger partial charge in [-0.15, -0.1) is 0 Å². The van der Waals surface area contributed by atoms with E-state index in [2.05, 4.69) is 10.6 Å². The molecule has 0 saturated carbocycles. The fraction of sp³-hybridized carbons (Fsp3) is 0.667. The Labute approximate surface area is 102 Å². The number of hydrogen-bond donors (Lipinski definition) is 2. The van der Waals surface area contributed by atoms with Crippen molar-refractivity contribution in [3.8, 4) is 0 Å². The predicted octanol–water partition coefficient (Wildman–Crippen LogP) is 1.34. The number of carbonyl (C=O) groups excluding carboxylic acids is 2. The molecule has 96 valence electrons. The smallest absolute Gasteiger partial charge is 0.407 e. The molecule has 5 heteroatoms. The van der Waals surface area contributed by atoms with Gasteiger partial charge in [0.1, 0.15) is 5.60 Å². The van der Waals surface area contributed by atoms with Gasteiger partial charge in [0.2, 0.25) is 5.91 Å². The number of ether oxygens (including phenoxy) is 1. The third-order valence-electron chi connectivity index (χ3n) is 2.24. The molecule has 0 fully saturated rings. The molecule has 0 saturated heterocycles.